The van der Waals surface area contributed by atoms with Gasteiger partial charge in [0.15, 0.2) is 0 Å². The Morgan fingerprint density at radius 3 is 2.63 bits per heavy atom. The molecule has 3 rings (SSSR count). The van der Waals surface area contributed by atoms with E-state index in [-0.39, 0.29) is 23.9 Å². The number of aryl methyl sites for hydroxylation is 2. The van der Waals surface area contributed by atoms with Crippen molar-refractivity contribution in [3.05, 3.63) is 75.3 Å². The van der Waals surface area contributed by atoms with Gasteiger partial charge in [-0.2, -0.15) is 0 Å². The van der Waals surface area contributed by atoms with Gasteiger partial charge in [-0.05, 0) is 43.2 Å². The maximum Gasteiger partial charge on any atom is 0.261 e. The lowest BCUT2D eigenvalue weighted by Gasteiger charge is -2.25. The van der Waals surface area contributed by atoms with Crippen LogP contribution in [0.3, 0.4) is 0 Å². The molecular weight excluding hydrogens is 362 g/mol. The zero-order valence-corrected chi connectivity index (χ0v) is 16.4. The molecule has 0 aliphatic rings. The molecule has 0 fully saturated rings. The third-order valence-electron chi connectivity index (χ3n) is 4.95. The molecule has 0 N–H and O–H groups in total. The fraction of sp³-hybridized carbons (Fsp3) is 0.286. The van der Waals surface area contributed by atoms with Crippen molar-refractivity contribution in [1.82, 2.24) is 14.5 Å². The average Bonchev–Trinajstić information content (AvgIpc) is 2.67. The molecular formula is C21H22ClN3O2. The number of halogens is 1. The molecule has 0 spiro atoms. The molecule has 2 aromatic carbocycles. The van der Waals surface area contributed by atoms with Crippen molar-refractivity contribution in [2.45, 2.75) is 32.9 Å². The van der Waals surface area contributed by atoms with Crippen molar-refractivity contribution >= 4 is 28.4 Å². The molecule has 1 amide bonds. The van der Waals surface area contributed by atoms with E-state index in [1.807, 2.05) is 50.2 Å². The molecule has 0 aliphatic carbocycles. The summed E-state index contributed by atoms with van der Waals surface area (Å²) in [6.45, 7) is 4.19. The molecule has 5 nitrogen and oxygen atoms in total. The Labute approximate surface area is 163 Å². The number of nitrogens with zero attached hydrogens (tertiary/aromatic N) is 3. The number of carbonyl (C=O) groups excluding carboxylic acids is 1. The Morgan fingerprint density at radius 2 is 1.93 bits per heavy atom. The number of fused-ring (bicyclic) bond motifs is 1. The Balaban J connectivity index is 1.71. The monoisotopic (exact) mass is 383 g/mol. The van der Waals surface area contributed by atoms with Crippen LogP contribution in [0.2, 0.25) is 5.02 Å². The number of hydrogen-bond acceptors (Lipinski definition) is 3. The van der Waals surface area contributed by atoms with Crippen molar-refractivity contribution < 1.29 is 4.79 Å². The second kappa shape index (κ2) is 7.92. The summed E-state index contributed by atoms with van der Waals surface area (Å²) in [4.78, 5) is 31.3. The highest BCUT2D eigenvalue weighted by Crippen LogP contribution is 2.21. The van der Waals surface area contributed by atoms with E-state index in [1.165, 1.54) is 10.9 Å². The molecule has 1 atom stereocenters. The number of hydrogen-bond donors (Lipinski definition) is 0. The molecule has 0 radical (unpaired) electrons. The summed E-state index contributed by atoms with van der Waals surface area (Å²) in [6, 6.07) is 12.9. The topological polar surface area (TPSA) is 55.2 Å². The van der Waals surface area contributed by atoms with Crippen LogP contribution in [0.5, 0.6) is 0 Å². The molecule has 3 aromatic rings. The standard InChI is InChI=1S/C21H22ClN3O2/c1-14-5-4-6-18-20(14)23-13-25(21(18)27)12-11-19(26)24(3)15(2)16-7-9-17(22)10-8-16/h4-10,13,15H,11-12H2,1-3H3. The van der Waals surface area contributed by atoms with E-state index in [1.54, 1.807) is 18.0 Å². The Kier molecular flexibility index (Phi) is 5.61. The molecule has 6 heteroatoms. The fourth-order valence-corrected chi connectivity index (χ4v) is 3.20. The Morgan fingerprint density at radius 1 is 1.22 bits per heavy atom. The highest BCUT2D eigenvalue weighted by molar-refractivity contribution is 6.30. The highest BCUT2D eigenvalue weighted by atomic mass is 35.5. The Bertz CT molecular complexity index is 1030. The first-order valence-corrected chi connectivity index (χ1v) is 9.22. The lowest BCUT2D eigenvalue weighted by Crippen LogP contribution is -2.31. The minimum Gasteiger partial charge on any atom is -0.339 e. The van der Waals surface area contributed by atoms with E-state index in [0.717, 1.165) is 11.1 Å². The van der Waals surface area contributed by atoms with Gasteiger partial charge < -0.3 is 4.90 Å². The smallest absolute Gasteiger partial charge is 0.261 e. The average molecular weight is 384 g/mol. The predicted molar refractivity (Wildman–Crippen MR) is 108 cm³/mol. The Hall–Kier alpha value is -2.66. The second-order valence-electron chi connectivity index (χ2n) is 6.70. The first-order chi connectivity index (χ1) is 12.9. The van der Waals surface area contributed by atoms with Crippen molar-refractivity contribution in [3.8, 4) is 0 Å². The summed E-state index contributed by atoms with van der Waals surface area (Å²) in [5, 5.41) is 1.24. The summed E-state index contributed by atoms with van der Waals surface area (Å²) in [6.07, 6.45) is 1.75. The first-order valence-electron chi connectivity index (χ1n) is 8.84. The van der Waals surface area contributed by atoms with Gasteiger partial charge in [0, 0.05) is 25.0 Å². The largest absolute Gasteiger partial charge is 0.339 e. The molecule has 1 aromatic heterocycles. The van der Waals surface area contributed by atoms with Crippen LogP contribution in [0.1, 0.15) is 30.5 Å². The van der Waals surface area contributed by atoms with Crippen LogP contribution in [0.25, 0.3) is 10.9 Å². The van der Waals surface area contributed by atoms with Gasteiger partial charge in [-0.3, -0.25) is 14.2 Å². The van der Waals surface area contributed by atoms with E-state index in [9.17, 15) is 9.59 Å². The van der Waals surface area contributed by atoms with Crippen LogP contribution in [-0.4, -0.2) is 27.4 Å². The normalized spacial score (nSPS) is 12.1. The lowest BCUT2D eigenvalue weighted by molar-refractivity contribution is -0.132. The number of carbonyl (C=O) groups is 1. The van der Waals surface area contributed by atoms with E-state index in [4.69, 9.17) is 11.6 Å². The van der Waals surface area contributed by atoms with Gasteiger partial charge in [-0.15, -0.1) is 0 Å². The third-order valence-corrected chi connectivity index (χ3v) is 5.20. The second-order valence-corrected chi connectivity index (χ2v) is 7.13. The van der Waals surface area contributed by atoms with E-state index in [2.05, 4.69) is 4.98 Å². The van der Waals surface area contributed by atoms with Gasteiger partial charge in [0.25, 0.3) is 5.56 Å². The van der Waals surface area contributed by atoms with E-state index in [0.29, 0.717) is 22.5 Å². The molecule has 140 valence electrons. The van der Waals surface area contributed by atoms with E-state index >= 15 is 0 Å². The highest BCUT2D eigenvalue weighted by Gasteiger charge is 2.17. The van der Waals surface area contributed by atoms with Gasteiger partial charge in [-0.1, -0.05) is 35.9 Å². The minimum absolute atomic E-state index is 0.0336. The van der Waals surface area contributed by atoms with Crippen molar-refractivity contribution in [2.24, 2.45) is 0 Å². The minimum atomic E-state index is -0.120. The van der Waals surface area contributed by atoms with Gasteiger partial charge in [0.05, 0.1) is 23.3 Å². The van der Waals surface area contributed by atoms with Gasteiger partial charge in [0.2, 0.25) is 5.91 Å². The van der Waals surface area contributed by atoms with E-state index < -0.39 is 0 Å². The SMILES string of the molecule is Cc1cccc2c(=O)n(CCC(=O)N(C)C(C)c3ccc(Cl)cc3)cnc12. The van der Waals surface area contributed by atoms with Crippen LogP contribution >= 0.6 is 11.6 Å². The summed E-state index contributed by atoms with van der Waals surface area (Å²) >= 11 is 5.92. The van der Waals surface area contributed by atoms with Crippen LogP contribution in [0.15, 0.2) is 53.6 Å². The summed E-state index contributed by atoms with van der Waals surface area (Å²) < 4.78 is 1.50. The summed E-state index contributed by atoms with van der Waals surface area (Å²) in [5.74, 6) is -0.0336. The van der Waals surface area contributed by atoms with Crippen molar-refractivity contribution in [3.63, 3.8) is 0 Å². The quantitative estimate of drug-likeness (QED) is 0.669. The van der Waals surface area contributed by atoms with Gasteiger partial charge in [0.1, 0.15) is 0 Å². The summed E-state index contributed by atoms with van der Waals surface area (Å²) in [5.41, 5.74) is 2.56. The third kappa shape index (κ3) is 4.03. The van der Waals surface area contributed by atoms with Crippen LogP contribution in [0, 0.1) is 6.92 Å². The van der Waals surface area contributed by atoms with Crippen LogP contribution < -0.4 is 5.56 Å². The molecule has 0 saturated carbocycles. The number of para-hydroxylation sites is 1. The zero-order valence-electron chi connectivity index (χ0n) is 15.6. The lowest BCUT2D eigenvalue weighted by atomic mass is 10.1. The van der Waals surface area contributed by atoms with Crippen molar-refractivity contribution in [1.29, 1.82) is 0 Å². The predicted octanol–water partition coefficient (Wildman–Crippen LogP) is 3.97. The number of benzene rings is 2. The van der Waals surface area contributed by atoms with Gasteiger partial charge in [-0.25, -0.2) is 4.98 Å². The van der Waals surface area contributed by atoms with Crippen LogP contribution in [0.4, 0.5) is 0 Å². The number of aromatic nitrogens is 2. The zero-order chi connectivity index (χ0) is 19.6. The maximum absolute atomic E-state index is 12.6. The molecule has 27 heavy (non-hydrogen) atoms. The first kappa shape index (κ1) is 19.1. The molecule has 0 bridgehead atoms. The number of amides is 1. The number of rotatable bonds is 5. The molecule has 0 saturated heterocycles. The fourth-order valence-electron chi connectivity index (χ4n) is 3.07. The molecule has 0 aliphatic heterocycles. The molecule has 1 unspecified atom stereocenters. The summed E-state index contributed by atoms with van der Waals surface area (Å²) in [7, 11) is 1.77. The van der Waals surface area contributed by atoms with Gasteiger partial charge >= 0.3 is 0 Å². The molecule has 1 heterocycles. The van der Waals surface area contributed by atoms with Crippen LogP contribution in [-0.2, 0) is 11.3 Å². The van der Waals surface area contributed by atoms with Crippen molar-refractivity contribution in [2.75, 3.05) is 7.05 Å². The maximum atomic E-state index is 12.6.